The summed E-state index contributed by atoms with van der Waals surface area (Å²) in [6.07, 6.45) is 12.1. The first-order chi connectivity index (χ1) is 45.2. The van der Waals surface area contributed by atoms with Gasteiger partial charge in [-0.25, -0.2) is 0 Å². The third kappa shape index (κ3) is 23.8. The molecule has 94 heavy (non-hydrogen) atoms. The summed E-state index contributed by atoms with van der Waals surface area (Å²) >= 11 is 0. The van der Waals surface area contributed by atoms with Crippen LogP contribution < -0.4 is 83.1 Å². The van der Waals surface area contributed by atoms with Gasteiger partial charge < -0.3 is 98.0 Å². The van der Waals surface area contributed by atoms with E-state index in [1.165, 1.54) is 0 Å². The number of para-hydroxylation sites is 3. The average Bonchev–Trinajstić information content (AvgIpc) is 1.67. The summed E-state index contributed by atoms with van der Waals surface area (Å²) in [6.45, 7) is 2.79. The summed E-state index contributed by atoms with van der Waals surface area (Å²) in [7, 11) is 0. The van der Waals surface area contributed by atoms with Crippen molar-refractivity contribution in [2.24, 2.45) is 60.8 Å². The maximum atomic E-state index is 15.2. The van der Waals surface area contributed by atoms with Crippen LogP contribution in [-0.2, 0) is 57.6 Å². The second-order valence-electron chi connectivity index (χ2n) is 23.4. The molecule has 29 heteroatoms. The van der Waals surface area contributed by atoms with E-state index in [2.05, 4.69) is 74.1 Å². The van der Waals surface area contributed by atoms with E-state index in [1.54, 1.807) is 18.6 Å². The summed E-state index contributed by atoms with van der Waals surface area (Å²) in [5, 5.41) is 22.1. The van der Waals surface area contributed by atoms with E-state index in [1.807, 2.05) is 72.8 Å². The van der Waals surface area contributed by atoms with Crippen LogP contribution >= 0.6 is 0 Å². The van der Waals surface area contributed by atoms with Crippen LogP contribution in [0.2, 0.25) is 0 Å². The van der Waals surface area contributed by atoms with Gasteiger partial charge in [-0.15, -0.1) is 0 Å². The SMILES string of the molecule is CCCCCCCC(=O)NCCCC[C@H](NC(=O)[C@H](Cc1c[nH]c2ccccc12)NC(=O)[C@@H](CCCN=C(N)N)NC(=O)[C@@H](Cc1c[nH]c2ccccc12)NC(=O)[C@@H](CCCN=C(N)N)NC(=O)[C@H](Cc1c[nH]c2ccccc12)NC(=O)[C@H](N)CCCN=C(N)N)C(N)=O. The standard InChI is InChI=1S/C65H95N21O8/c1-2-3-4-5-6-28-55(87)74-29-14-13-25-49(56(67)88)81-60(92)53(34-40-37-79-47-23-11-8-19-43(40)47)85-58(90)51(27-17-32-77-65(72)73)83-62(94)54(35-41-38-80-48-24-12-9-20-44(41)48)86-59(91)50(26-16-31-76-64(70)71)82-61(93)52(33-39-36-78-46-22-10-7-18-42(39)46)84-57(89)45(66)21-15-30-75-63(68)69/h7-12,18-20,22-24,36-38,45,49-54,78-80H,2-6,13-17,21,25-35,66H2,1H3,(H2,67,88)(H,74,87)(H,81,92)(H,82,93)(H,83,94)(H,84,89)(H,85,90)(H,86,91)(H4,68,69,75)(H4,70,71,76)(H4,72,73,77)/t45-,49+,50-,51-,52+,53+,54-/m1/s1. The molecular formula is C65H95N21O8. The molecule has 0 saturated carbocycles. The lowest BCUT2D eigenvalue weighted by molar-refractivity contribution is -0.135. The molecule has 0 aliphatic carbocycles. The lowest BCUT2D eigenvalue weighted by Gasteiger charge is -2.28. The van der Waals surface area contributed by atoms with Crippen molar-refractivity contribution in [2.45, 2.75) is 165 Å². The van der Waals surface area contributed by atoms with Gasteiger partial charge in [0.05, 0.1) is 6.04 Å². The number of aliphatic imine (C=N–C) groups is 3. The van der Waals surface area contributed by atoms with E-state index >= 15 is 14.4 Å². The zero-order valence-electron chi connectivity index (χ0n) is 53.5. The molecule has 0 radical (unpaired) electrons. The van der Waals surface area contributed by atoms with E-state index in [0.717, 1.165) is 64.8 Å². The number of hydrogen-bond acceptors (Lipinski definition) is 12. The van der Waals surface area contributed by atoms with E-state index in [9.17, 15) is 24.0 Å². The first-order valence-corrected chi connectivity index (χ1v) is 32.2. The lowest BCUT2D eigenvalue weighted by Crippen LogP contribution is -2.60. The van der Waals surface area contributed by atoms with Crippen LogP contribution in [0.15, 0.2) is 106 Å². The Morgan fingerprint density at radius 3 is 1.16 bits per heavy atom. The topological polar surface area (TPSA) is 513 Å². The molecule has 26 N–H and O–H groups in total. The van der Waals surface area contributed by atoms with Crippen LogP contribution in [-0.4, -0.2) is 149 Å². The van der Waals surface area contributed by atoms with Crippen molar-refractivity contribution < 1.29 is 38.4 Å². The highest BCUT2D eigenvalue weighted by molar-refractivity contribution is 5.99. The number of hydrogen-bond donors (Lipinski definition) is 18. The Bertz CT molecular complexity index is 3560. The van der Waals surface area contributed by atoms with Gasteiger partial charge in [-0.05, 0) is 99.1 Å². The summed E-state index contributed by atoms with van der Waals surface area (Å²) < 4.78 is 0. The Labute approximate surface area is 546 Å². The lowest BCUT2D eigenvalue weighted by atomic mass is 10.0. The zero-order chi connectivity index (χ0) is 67.9. The van der Waals surface area contributed by atoms with Gasteiger partial charge in [0.15, 0.2) is 17.9 Å². The summed E-state index contributed by atoms with van der Waals surface area (Å²) in [4.78, 5) is 136. The molecule has 0 bridgehead atoms. The van der Waals surface area contributed by atoms with Crippen molar-refractivity contribution in [3.63, 3.8) is 0 Å². The summed E-state index contributed by atoms with van der Waals surface area (Å²) in [5.41, 5.74) is 50.1. The molecule has 29 nitrogen and oxygen atoms in total. The van der Waals surface area contributed by atoms with E-state index in [0.29, 0.717) is 48.9 Å². The molecule has 3 aromatic carbocycles. The highest BCUT2D eigenvalue weighted by atomic mass is 16.2. The minimum atomic E-state index is -1.46. The van der Waals surface area contributed by atoms with Gasteiger partial charge in [0.1, 0.15) is 36.3 Å². The van der Waals surface area contributed by atoms with Crippen LogP contribution in [0, 0.1) is 0 Å². The number of unbranched alkanes of at least 4 members (excludes halogenated alkanes) is 5. The number of carbonyl (C=O) groups is 8. The fourth-order valence-electron chi connectivity index (χ4n) is 11.0. The second-order valence-corrected chi connectivity index (χ2v) is 23.4. The number of fused-ring (bicyclic) bond motifs is 3. The maximum absolute atomic E-state index is 15.2. The molecule has 3 aromatic heterocycles. The Hall–Kier alpha value is -10.2. The molecule has 0 unspecified atom stereocenters. The van der Waals surface area contributed by atoms with Gasteiger partial charge in [0, 0.05) is 103 Å². The highest BCUT2D eigenvalue weighted by Gasteiger charge is 2.35. The maximum Gasteiger partial charge on any atom is 0.243 e. The van der Waals surface area contributed by atoms with Gasteiger partial charge in [-0.3, -0.25) is 53.3 Å². The minimum Gasteiger partial charge on any atom is -0.370 e. The van der Waals surface area contributed by atoms with Crippen molar-refractivity contribution >= 4 is 97.8 Å². The van der Waals surface area contributed by atoms with Gasteiger partial charge in [0.2, 0.25) is 47.3 Å². The molecule has 0 aliphatic rings. The van der Waals surface area contributed by atoms with Crippen LogP contribution in [0.5, 0.6) is 0 Å². The number of aromatic amines is 3. The Kier molecular flexibility index (Phi) is 29.4. The van der Waals surface area contributed by atoms with Gasteiger partial charge in [-0.1, -0.05) is 87.2 Å². The van der Waals surface area contributed by atoms with E-state index < -0.39 is 83.6 Å². The third-order valence-corrected chi connectivity index (χ3v) is 16.1. The van der Waals surface area contributed by atoms with Crippen molar-refractivity contribution in [1.29, 1.82) is 0 Å². The number of primary amides is 1. The Balaban J connectivity index is 1.28. The number of nitrogens with one attached hydrogen (secondary N) is 10. The Morgan fingerprint density at radius 1 is 0.404 bits per heavy atom. The van der Waals surface area contributed by atoms with E-state index in [4.69, 9.17) is 45.9 Å². The normalized spacial score (nSPS) is 13.4. The van der Waals surface area contributed by atoms with Crippen LogP contribution in [0.25, 0.3) is 32.7 Å². The van der Waals surface area contributed by atoms with Crippen LogP contribution in [0.4, 0.5) is 0 Å². The fourth-order valence-corrected chi connectivity index (χ4v) is 11.0. The van der Waals surface area contributed by atoms with E-state index in [-0.39, 0.29) is 101 Å². The molecular weight excluding hydrogens is 1200 g/mol. The molecule has 0 aliphatic heterocycles. The number of amides is 8. The minimum absolute atomic E-state index is 0.0358. The first kappa shape index (κ1) is 72.9. The zero-order valence-corrected chi connectivity index (χ0v) is 53.5. The number of carbonyl (C=O) groups excluding carboxylic acids is 8. The molecule has 8 amide bonds. The molecule has 0 saturated heterocycles. The second kappa shape index (κ2) is 38.0. The summed E-state index contributed by atoms with van der Waals surface area (Å²) in [6, 6.07) is 12.9. The molecule has 0 fully saturated rings. The van der Waals surface area contributed by atoms with Crippen LogP contribution in [0.3, 0.4) is 0 Å². The van der Waals surface area contributed by atoms with Crippen molar-refractivity contribution in [1.82, 2.24) is 52.2 Å². The van der Waals surface area contributed by atoms with Crippen LogP contribution in [0.1, 0.15) is 120 Å². The van der Waals surface area contributed by atoms with Crippen molar-refractivity contribution in [2.75, 3.05) is 26.2 Å². The quantitative estimate of drug-likeness (QED) is 0.0142. The number of nitrogens with two attached hydrogens (primary N) is 8. The van der Waals surface area contributed by atoms with Crippen molar-refractivity contribution in [3.8, 4) is 0 Å². The average molecular weight is 1300 g/mol. The molecule has 3 heterocycles. The number of aromatic nitrogens is 3. The number of rotatable bonds is 42. The number of nitrogens with zero attached hydrogens (tertiary/aromatic N) is 3. The Morgan fingerprint density at radius 2 is 0.755 bits per heavy atom. The van der Waals surface area contributed by atoms with Gasteiger partial charge in [0.25, 0.3) is 0 Å². The fraction of sp³-hybridized carbons (Fsp3) is 0.462. The number of H-pyrrole nitrogens is 3. The largest absolute Gasteiger partial charge is 0.370 e. The predicted octanol–water partition coefficient (Wildman–Crippen LogP) is 0.688. The van der Waals surface area contributed by atoms with Gasteiger partial charge >= 0.3 is 0 Å². The first-order valence-electron chi connectivity index (χ1n) is 32.2. The van der Waals surface area contributed by atoms with Gasteiger partial charge in [-0.2, -0.15) is 0 Å². The molecule has 6 aromatic rings. The molecule has 0 spiro atoms. The molecule has 7 atom stereocenters. The molecule has 508 valence electrons. The number of guanidine groups is 3. The summed E-state index contributed by atoms with van der Waals surface area (Å²) in [5.74, 6) is -6.03. The third-order valence-electron chi connectivity index (χ3n) is 16.1. The highest BCUT2D eigenvalue weighted by Crippen LogP contribution is 2.23. The molecule has 6 rings (SSSR count). The number of benzene rings is 3. The smallest absolute Gasteiger partial charge is 0.243 e. The van der Waals surface area contributed by atoms with Crippen molar-refractivity contribution in [3.05, 3.63) is 108 Å². The predicted molar refractivity (Wildman–Crippen MR) is 365 cm³/mol. The monoisotopic (exact) mass is 1300 g/mol.